The van der Waals surface area contributed by atoms with Crippen LogP contribution < -0.4 is 15.4 Å². The van der Waals surface area contributed by atoms with Crippen LogP contribution in [0.4, 0.5) is 0 Å². The highest BCUT2D eigenvalue weighted by atomic mass is 16.5. The third-order valence-electron chi connectivity index (χ3n) is 4.44. The van der Waals surface area contributed by atoms with Crippen LogP contribution in [0.15, 0.2) is 60.0 Å². The highest BCUT2D eigenvalue weighted by Gasteiger charge is 2.05. The monoisotopic (exact) mass is 392 g/mol. The Labute approximate surface area is 171 Å². The minimum atomic E-state index is 0.555. The van der Waals surface area contributed by atoms with Gasteiger partial charge in [0.2, 0.25) is 0 Å². The van der Waals surface area contributed by atoms with Gasteiger partial charge in [0.25, 0.3) is 0 Å². The standard InChI is InChI=1S/C22H28N6O/c1-4-23-22(25-12-9-19-14-17(2)6-7-20(19)29-3)26-16-18-8-11-24-21(15-18)28-13-5-10-27-28/h5-8,10-11,13-15H,4,9,12,16H2,1-3H3,(H2,23,25,26). The summed E-state index contributed by atoms with van der Waals surface area (Å²) >= 11 is 0. The van der Waals surface area contributed by atoms with Crippen molar-refractivity contribution in [3.8, 4) is 11.6 Å². The summed E-state index contributed by atoms with van der Waals surface area (Å²) in [5.74, 6) is 2.49. The van der Waals surface area contributed by atoms with Crippen molar-refractivity contribution in [1.82, 2.24) is 25.4 Å². The van der Waals surface area contributed by atoms with E-state index >= 15 is 0 Å². The molecule has 2 heterocycles. The topological polar surface area (TPSA) is 76.4 Å². The van der Waals surface area contributed by atoms with Gasteiger partial charge in [0.1, 0.15) is 5.75 Å². The van der Waals surface area contributed by atoms with Crippen molar-refractivity contribution in [3.05, 3.63) is 71.7 Å². The number of aryl methyl sites for hydroxylation is 1. The average Bonchev–Trinajstić information content (AvgIpc) is 3.27. The molecule has 0 fully saturated rings. The molecule has 0 aliphatic rings. The molecule has 1 aromatic carbocycles. The molecule has 0 aliphatic heterocycles. The summed E-state index contributed by atoms with van der Waals surface area (Å²) in [5.41, 5.74) is 3.49. The lowest BCUT2D eigenvalue weighted by Crippen LogP contribution is -2.38. The lowest BCUT2D eigenvalue weighted by atomic mass is 10.1. The van der Waals surface area contributed by atoms with Gasteiger partial charge >= 0.3 is 0 Å². The minimum Gasteiger partial charge on any atom is -0.496 e. The van der Waals surface area contributed by atoms with Crippen LogP contribution in [0, 0.1) is 6.92 Å². The summed E-state index contributed by atoms with van der Waals surface area (Å²) in [6, 6.07) is 12.1. The molecule has 3 rings (SSSR count). The molecular formula is C22H28N6O. The summed E-state index contributed by atoms with van der Waals surface area (Å²) in [6.07, 6.45) is 6.25. The average molecular weight is 393 g/mol. The Morgan fingerprint density at radius 2 is 2.07 bits per heavy atom. The molecule has 7 nitrogen and oxygen atoms in total. The maximum Gasteiger partial charge on any atom is 0.191 e. The zero-order valence-electron chi connectivity index (χ0n) is 17.2. The van der Waals surface area contributed by atoms with Crippen molar-refractivity contribution < 1.29 is 4.74 Å². The van der Waals surface area contributed by atoms with Gasteiger partial charge < -0.3 is 15.4 Å². The molecule has 0 bridgehead atoms. The van der Waals surface area contributed by atoms with Crippen LogP contribution in [0.5, 0.6) is 5.75 Å². The molecule has 29 heavy (non-hydrogen) atoms. The molecule has 2 aromatic heterocycles. The molecule has 0 saturated heterocycles. The molecule has 3 aromatic rings. The molecule has 0 unspecified atom stereocenters. The second-order valence-corrected chi connectivity index (χ2v) is 6.66. The largest absolute Gasteiger partial charge is 0.496 e. The van der Waals surface area contributed by atoms with Crippen LogP contribution in [0.25, 0.3) is 5.82 Å². The second kappa shape index (κ2) is 10.3. The maximum absolute atomic E-state index is 5.47. The fourth-order valence-electron chi connectivity index (χ4n) is 3.02. The summed E-state index contributed by atoms with van der Waals surface area (Å²) < 4.78 is 7.21. The number of ether oxygens (including phenoxy) is 1. The number of hydrogen-bond acceptors (Lipinski definition) is 4. The van der Waals surface area contributed by atoms with E-state index in [0.717, 1.165) is 42.6 Å². The van der Waals surface area contributed by atoms with Gasteiger partial charge in [0.05, 0.1) is 13.7 Å². The van der Waals surface area contributed by atoms with Crippen molar-refractivity contribution in [2.75, 3.05) is 20.2 Å². The zero-order valence-corrected chi connectivity index (χ0v) is 17.2. The van der Waals surface area contributed by atoms with E-state index in [-0.39, 0.29) is 0 Å². The van der Waals surface area contributed by atoms with Crippen LogP contribution in [0.2, 0.25) is 0 Å². The number of nitrogens with zero attached hydrogens (tertiary/aromatic N) is 4. The van der Waals surface area contributed by atoms with E-state index in [4.69, 9.17) is 9.73 Å². The van der Waals surface area contributed by atoms with Crippen molar-refractivity contribution in [2.24, 2.45) is 4.99 Å². The highest BCUT2D eigenvalue weighted by Crippen LogP contribution is 2.19. The Morgan fingerprint density at radius 1 is 1.17 bits per heavy atom. The molecule has 0 atom stereocenters. The third-order valence-corrected chi connectivity index (χ3v) is 4.44. The quantitative estimate of drug-likeness (QED) is 0.455. The van der Waals surface area contributed by atoms with Gasteiger partial charge in [-0.05, 0) is 55.7 Å². The van der Waals surface area contributed by atoms with E-state index in [9.17, 15) is 0 Å². The molecule has 0 spiro atoms. The number of aromatic nitrogens is 3. The molecule has 0 saturated carbocycles. The zero-order chi connectivity index (χ0) is 20.5. The van der Waals surface area contributed by atoms with Crippen molar-refractivity contribution in [2.45, 2.75) is 26.8 Å². The van der Waals surface area contributed by atoms with Crippen molar-refractivity contribution >= 4 is 5.96 Å². The number of hydrogen-bond donors (Lipinski definition) is 2. The third kappa shape index (κ3) is 5.81. The van der Waals surface area contributed by atoms with E-state index < -0.39 is 0 Å². The molecule has 7 heteroatoms. The van der Waals surface area contributed by atoms with Crippen LogP contribution in [0.3, 0.4) is 0 Å². The smallest absolute Gasteiger partial charge is 0.191 e. The van der Waals surface area contributed by atoms with E-state index in [1.807, 2.05) is 30.5 Å². The predicted molar refractivity (Wildman–Crippen MR) is 116 cm³/mol. The van der Waals surface area contributed by atoms with Gasteiger partial charge in [-0.1, -0.05) is 17.7 Å². The lowest BCUT2D eigenvalue weighted by molar-refractivity contribution is 0.409. The fourth-order valence-corrected chi connectivity index (χ4v) is 3.02. The predicted octanol–water partition coefficient (Wildman–Crippen LogP) is 2.88. The maximum atomic E-state index is 5.47. The van der Waals surface area contributed by atoms with E-state index in [2.05, 4.69) is 46.7 Å². The summed E-state index contributed by atoms with van der Waals surface area (Å²) in [5, 5.41) is 10.9. The van der Waals surface area contributed by atoms with Gasteiger partial charge in [-0.25, -0.2) is 14.7 Å². The molecule has 152 valence electrons. The number of nitrogens with one attached hydrogen (secondary N) is 2. The first kappa shape index (κ1) is 20.4. The van der Waals surface area contributed by atoms with Crippen LogP contribution in [-0.4, -0.2) is 40.9 Å². The number of rotatable bonds is 8. The van der Waals surface area contributed by atoms with Crippen molar-refractivity contribution in [1.29, 1.82) is 0 Å². The SMILES string of the molecule is CCNC(=NCc1ccnc(-n2cccn2)c1)NCCc1cc(C)ccc1OC. The van der Waals surface area contributed by atoms with E-state index in [1.54, 1.807) is 24.2 Å². The van der Waals surface area contributed by atoms with E-state index in [0.29, 0.717) is 6.54 Å². The van der Waals surface area contributed by atoms with Crippen LogP contribution in [-0.2, 0) is 13.0 Å². The van der Waals surface area contributed by atoms with Gasteiger partial charge in [-0.3, -0.25) is 0 Å². The number of methoxy groups -OCH3 is 1. The van der Waals surface area contributed by atoms with Gasteiger partial charge in [-0.2, -0.15) is 5.10 Å². The fraction of sp³-hybridized carbons (Fsp3) is 0.318. The Hall–Kier alpha value is -3.35. The Balaban J connectivity index is 1.62. The first-order valence-electron chi connectivity index (χ1n) is 9.80. The highest BCUT2D eigenvalue weighted by molar-refractivity contribution is 5.79. The summed E-state index contributed by atoms with van der Waals surface area (Å²) in [7, 11) is 1.71. The number of pyridine rings is 1. The normalized spacial score (nSPS) is 11.3. The number of benzene rings is 1. The molecule has 0 radical (unpaired) electrons. The van der Waals surface area contributed by atoms with Crippen molar-refractivity contribution in [3.63, 3.8) is 0 Å². The van der Waals surface area contributed by atoms with Gasteiger partial charge in [0.15, 0.2) is 11.8 Å². The van der Waals surface area contributed by atoms with E-state index in [1.165, 1.54) is 11.1 Å². The molecule has 0 aliphatic carbocycles. The number of guanidine groups is 1. The summed E-state index contributed by atoms with van der Waals surface area (Å²) in [6.45, 7) is 6.27. The summed E-state index contributed by atoms with van der Waals surface area (Å²) in [4.78, 5) is 9.06. The molecular weight excluding hydrogens is 364 g/mol. The Kier molecular flexibility index (Phi) is 7.22. The number of aliphatic imine (C=N–C) groups is 1. The van der Waals surface area contributed by atoms with Crippen LogP contribution in [0.1, 0.15) is 23.6 Å². The molecule has 0 amide bonds. The Bertz CT molecular complexity index is 936. The van der Waals surface area contributed by atoms with Gasteiger partial charge in [-0.15, -0.1) is 0 Å². The lowest BCUT2D eigenvalue weighted by Gasteiger charge is -2.13. The first-order chi connectivity index (χ1) is 14.2. The minimum absolute atomic E-state index is 0.555. The van der Waals surface area contributed by atoms with Gasteiger partial charge in [0, 0.05) is 31.7 Å². The first-order valence-corrected chi connectivity index (χ1v) is 9.80. The second-order valence-electron chi connectivity index (χ2n) is 6.66. The molecule has 2 N–H and O–H groups in total. The van der Waals surface area contributed by atoms with Crippen LogP contribution >= 0.6 is 0 Å². The Morgan fingerprint density at radius 3 is 2.83 bits per heavy atom.